The monoisotopic (exact) mass is 374 g/mol. The van der Waals surface area contributed by atoms with E-state index in [4.69, 9.17) is 4.99 Å². The minimum absolute atomic E-state index is 0.393. The van der Waals surface area contributed by atoms with E-state index in [9.17, 15) is 0 Å². The first-order valence-corrected chi connectivity index (χ1v) is 10.3. The van der Waals surface area contributed by atoms with E-state index >= 15 is 0 Å². The fourth-order valence-electron chi connectivity index (χ4n) is 2.35. The smallest absolute Gasteiger partial charge is 0.191 e. The van der Waals surface area contributed by atoms with Crippen molar-refractivity contribution in [3.8, 4) is 0 Å². The zero-order chi connectivity index (χ0) is 18.6. The summed E-state index contributed by atoms with van der Waals surface area (Å²) >= 11 is 1.85. The van der Waals surface area contributed by atoms with Crippen molar-refractivity contribution in [3.05, 3.63) is 42.5 Å². The van der Waals surface area contributed by atoms with Crippen molar-refractivity contribution in [2.75, 3.05) is 18.8 Å². The molecule has 0 aliphatic rings. The van der Waals surface area contributed by atoms with E-state index in [-0.39, 0.29) is 0 Å². The van der Waals surface area contributed by atoms with E-state index in [1.165, 1.54) is 4.90 Å². The van der Waals surface area contributed by atoms with Crippen LogP contribution >= 0.6 is 11.8 Å². The van der Waals surface area contributed by atoms with Crippen LogP contribution in [0.3, 0.4) is 0 Å². The van der Waals surface area contributed by atoms with Crippen LogP contribution in [0.15, 0.2) is 46.5 Å². The minimum Gasteiger partial charge on any atom is -0.356 e. The lowest BCUT2D eigenvalue weighted by molar-refractivity contribution is 0.617. The van der Waals surface area contributed by atoms with Gasteiger partial charge in [0.25, 0.3) is 0 Å². The van der Waals surface area contributed by atoms with Crippen LogP contribution in [0, 0.1) is 0 Å². The second-order valence-corrected chi connectivity index (χ2v) is 7.23. The van der Waals surface area contributed by atoms with Gasteiger partial charge in [-0.25, -0.2) is 0 Å². The molecule has 1 aromatic carbocycles. The van der Waals surface area contributed by atoms with Gasteiger partial charge in [0.1, 0.15) is 12.2 Å². The topological polar surface area (TPSA) is 67.1 Å². The molecule has 142 valence electrons. The average molecular weight is 375 g/mol. The number of nitrogens with one attached hydrogen (secondary N) is 2. The first kappa shape index (κ1) is 20.3. The van der Waals surface area contributed by atoms with Crippen molar-refractivity contribution in [1.29, 1.82) is 0 Å². The van der Waals surface area contributed by atoms with Crippen molar-refractivity contribution < 1.29 is 0 Å². The van der Waals surface area contributed by atoms with Gasteiger partial charge in [0.05, 0.1) is 6.54 Å². The second-order valence-electron chi connectivity index (χ2n) is 6.07. The summed E-state index contributed by atoms with van der Waals surface area (Å²) in [6.45, 7) is 8.79. The predicted octanol–water partition coefficient (Wildman–Crippen LogP) is 2.97. The fraction of sp³-hybridized carbons (Fsp3) is 0.526. The number of nitrogens with zero attached hydrogens (tertiary/aromatic N) is 4. The van der Waals surface area contributed by atoms with Crippen LogP contribution in [0.1, 0.15) is 33.0 Å². The number of thioether (sulfide) groups is 1. The largest absolute Gasteiger partial charge is 0.356 e. The molecule has 1 unspecified atom stereocenters. The van der Waals surface area contributed by atoms with E-state index < -0.39 is 0 Å². The molecule has 1 heterocycles. The van der Waals surface area contributed by atoms with Crippen LogP contribution in [0.4, 0.5) is 0 Å². The van der Waals surface area contributed by atoms with Crippen molar-refractivity contribution in [2.45, 2.75) is 51.1 Å². The Morgan fingerprint density at radius 3 is 2.81 bits per heavy atom. The minimum atomic E-state index is 0.393. The Balaban J connectivity index is 1.81. The molecule has 0 amide bonds. The zero-order valence-electron chi connectivity index (χ0n) is 16.0. The molecular formula is C19H30N6S. The number of aromatic nitrogens is 3. The Hall–Kier alpha value is -2.02. The van der Waals surface area contributed by atoms with Crippen molar-refractivity contribution in [1.82, 2.24) is 25.4 Å². The molecule has 0 radical (unpaired) electrons. The van der Waals surface area contributed by atoms with Crippen molar-refractivity contribution in [2.24, 2.45) is 4.99 Å². The van der Waals surface area contributed by atoms with Crippen LogP contribution in [-0.4, -0.2) is 45.6 Å². The summed E-state index contributed by atoms with van der Waals surface area (Å²) < 4.78 is 2.07. The number of benzene rings is 1. The Bertz CT molecular complexity index is 655. The van der Waals surface area contributed by atoms with Crippen molar-refractivity contribution in [3.63, 3.8) is 0 Å². The third-order valence-corrected chi connectivity index (χ3v) is 5.04. The molecule has 6 nitrogen and oxygen atoms in total. The SMILES string of the molecule is CCc1nncn1CCN=C(NCCSc1ccccc1)NC(C)CC. The molecule has 2 N–H and O–H groups in total. The molecule has 0 saturated carbocycles. The molecule has 7 heteroatoms. The third-order valence-electron chi connectivity index (χ3n) is 4.02. The van der Waals surface area contributed by atoms with E-state index in [2.05, 4.69) is 70.4 Å². The summed E-state index contributed by atoms with van der Waals surface area (Å²) in [4.78, 5) is 6.01. The lowest BCUT2D eigenvalue weighted by Crippen LogP contribution is -2.43. The molecule has 1 aromatic heterocycles. The molecule has 0 bridgehead atoms. The lowest BCUT2D eigenvalue weighted by atomic mass is 10.3. The molecule has 2 rings (SSSR count). The van der Waals surface area contributed by atoms with E-state index in [1.807, 2.05) is 17.8 Å². The molecule has 0 aliphatic carbocycles. The molecule has 0 saturated heterocycles. The molecule has 2 aromatic rings. The second kappa shape index (κ2) is 11.6. The van der Waals surface area contributed by atoms with Gasteiger partial charge in [-0.3, -0.25) is 4.99 Å². The van der Waals surface area contributed by atoms with Crippen LogP contribution in [0.25, 0.3) is 0 Å². The van der Waals surface area contributed by atoms with Gasteiger partial charge in [-0.15, -0.1) is 22.0 Å². The molecule has 0 spiro atoms. The molecular weight excluding hydrogens is 344 g/mol. The van der Waals surface area contributed by atoms with Gasteiger partial charge in [-0.1, -0.05) is 32.0 Å². The van der Waals surface area contributed by atoms with Crippen LogP contribution < -0.4 is 10.6 Å². The Labute approximate surface area is 160 Å². The number of rotatable bonds is 10. The maximum absolute atomic E-state index is 4.72. The summed E-state index contributed by atoms with van der Waals surface area (Å²) in [7, 11) is 0. The normalized spacial score (nSPS) is 12.8. The van der Waals surface area contributed by atoms with Crippen LogP contribution in [0.5, 0.6) is 0 Å². The number of aryl methyl sites for hydroxylation is 1. The van der Waals surface area contributed by atoms with Crippen LogP contribution in [-0.2, 0) is 13.0 Å². The van der Waals surface area contributed by atoms with E-state index in [0.29, 0.717) is 12.6 Å². The molecule has 0 fully saturated rings. The quantitative estimate of drug-likeness (QED) is 0.290. The Kier molecular flexibility index (Phi) is 9.03. The Morgan fingerprint density at radius 2 is 2.08 bits per heavy atom. The highest BCUT2D eigenvalue weighted by molar-refractivity contribution is 7.99. The highest BCUT2D eigenvalue weighted by Gasteiger charge is 2.05. The van der Waals surface area contributed by atoms with Gasteiger partial charge in [0, 0.05) is 36.2 Å². The molecule has 26 heavy (non-hydrogen) atoms. The van der Waals surface area contributed by atoms with Crippen molar-refractivity contribution >= 4 is 17.7 Å². The average Bonchev–Trinajstić information content (AvgIpc) is 3.13. The maximum atomic E-state index is 4.72. The highest BCUT2D eigenvalue weighted by Crippen LogP contribution is 2.15. The first-order chi connectivity index (χ1) is 12.7. The summed E-state index contributed by atoms with van der Waals surface area (Å²) in [6.07, 6.45) is 3.72. The summed E-state index contributed by atoms with van der Waals surface area (Å²) in [5.74, 6) is 2.87. The number of guanidine groups is 1. The van der Waals surface area contributed by atoms with Gasteiger partial charge < -0.3 is 15.2 Å². The molecule has 1 atom stereocenters. The predicted molar refractivity (Wildman–Crippen MR) is 110 cm³/mol. The lowest BCUT2D eigenvalue weighted by Gasteiger charge is -2.17. The Morgan fingerprint density at radius 1 is 1.27 bits per heavy atom. The van der Waals surface area contributed by atoms with Gasteiger partial charge in [0.15, 0.2) is 5.96 Å². The molecule has 0 aliphatic heterocycles. The standard InChI is InChI=1S/C19H30N6S/c1-4-16(3)23-19(20-11-13-25-15-22-24-18(25)5-2)21-12-14-26-17-9-7-6-8-10-17/h6-10,15-16H,4-5,11-14H2,1-3H3,(H2,20,21,23). The number of hydrogen-bond acceptors (Lipinski definition) is 4. The van der Waals surface area contributed by atoms with E-state index in [1.54, 1.807) is 6.33 Å². The van der Waals surface area contributed by atoms with Gasteiger partial charge in [-0.2, -0.15) is 0 Å². The van der Waals surface area contributed by atoms with Gasteiger partial charge in [0.2, 0.25) is 0 Å². The maximum Gasteiger partial charge on any atom is 0.191 e. The summed E-state index contributed by atoms with van der Waals surface area (Å²) in [5, 5.41) is 15.0. The summed E-state index contributed by atoms with van der Waals surface area (Å²) in [5.41, 5.74) is 0. The highest BCUT2D eigenvalue weighted by atomic mass is 32.2. The number of aliphatic imine (C=N–C) groups is 1. The third kappa shape index (κ3) is 7.07. The fourth-order valence-corrected chi connectivity index (χ4v) is 3.14. The first-order valence-electron chi connectivity index (χ1n) is 9.32. The number of hydrogen-bond donors (Lipinski definition) is 2. The van der Waals surface area contributed by atoms with Gasteiger partial charge in [-0.05, 0) is 25.5 Å². The zero-order valence-corrected chi connectivity index (χ0v) is 16.8. The summed E-state index contributed by atoms with van der Waals surface area (Å²) in [6, 6.07) is 10.9. The van der Waals surface area contributed by atoms with Crippen LogP contribution in [0.2, 0.25) is 0 Å². The van der Waals surface area contributed by atoms with Gasteiger partial charge >= 0.3 is 0 Å². The van der Waals surface area contributed by atoms with E-state index in [0.717, 1.165) is 43.5 Å².